The molecule has 7 heteroatoms. The molecule has 0 radical (unpaired) electrons. The van der Waals surface area contributed by atoms with Crippen LogP contribution in [0.2, 0.25) is 0 Å². The van der Waals surface area contributed by atoms with E-state index in [0.717, 1.165) is 57.3 Å². The number of carbonyl (C=O) groups excluding carboxylic acids is 2. The van der Waals surface area contributed by atoms with Gasteiger partial charge in [-0.3, -0.25) is 14.5 Å². The third-order valence-corrected chi connectivity index (χ3v) is 7.08. The molecule has 2 N–H and O–H groups in total. The van der Waals surface area contributed by atoms with E-state index in [1.54, 1.807) is 19.1 Å². The highest BCUT2D eigenvalue weighted by molar-refractivity contribution is 5.99. The molecule has 31 heavy (non-hydrogen) atoms. The zero-order valence-corrected chi connectivity index (χ0v) is 18.7. The number of nitrogens with one attached hydrogen (secondary N) is 2. The highest BCUT2D eigenvalue weighted by atomic mass is 19.1. The van der Waals surface area contributed by atoms with E-state index in [9.17, 15) is 14.0 Å². The Labute approximate surface area is 183 Å². The molecule has 1 saturated carbocycles. The number of aromatic amines is 1. The Morgan fingerprint density at radius 1 is 1.26 bits per heavy atom. The molecule has 4 rings (SSSR count). The maximum Gasteiger partial charge on any atom is 0.267 e. The summed E-state index contributed by atoms with van der Waals surface area (Å²) < 4.78 is 14.1. The van der Waals surface area contributed by atoms with Crippen LogP contribution in [0.1, 0.15) is 62.0 Å². The first-order chi connectivity index (χ1) is 14.9. The van der Waals surface area contributed by atoms with Crippen LogP contribution in [0.5, 0.6) is 0 Å². The number of nitrogens with zero attached hydrogens (tertiary/aromatic N) is 2. The van der Waals surface area contributed by atoms with Crippen molar-refractivity contribution in [1.82, 2.24) is 20.1 Å². The summed E-state index contributed by atoms with van der Waals surface area (Å²) in [6.07, 6.45) is 5.02. The van der Waals surface area contributed by atoms with E-state index < -0.39 is 0 Å². The molecule has 168 valence electrons. The lowest BCUT2D eigenvalue weighted by Gasteiger charge is -2.46. The summed E-state index contributed by atoms with van der Waals surface area (Å²) >= 11 is 0. The number of H-pyrrole nitrogens is 1. The number of aromatic nitrogens is 1. The third-order valence-electron chi connectivity index (χ3n) is 7.08. The molecule has 2 aromatic rings. The molecule has 1 aliphatic carbocycles. The first kappa shape index (κ1) is 21.8. The van der Waals surface area contributed by atoms with Crippen LogP contribution in [-0.2, 0) is 4.79 Å². The number of benzene rings is 1. The van der Waals surface area contributed by atoms with Crippen molar-refractivity contribution >= 4 is 22.7 Å². The number of amides is 2. The molecule has 1 aliphatic heterocycles. The standard InChI is InChI=1S/C24H33FN4O2/c1-4-18-14-28(10-11-29(18)16(3)30)19-7-5-6-17(12-19)26-24(31)22-13-20-21(25)9-8-15(2)23(20)27-22/h8-9,13,17-19,27H,4-7,10-12,14H2,1-3H3,(H,26,31)/t17-,18+,19-/m1/s1. The quantitative estimate of drug-likeness (QED) is 0.782. The van der Waals surface area contributed by atoms with Crippen LogP contribution < -0.4 is 5.32 Å². The second-order valence-electron chi connectivity index (χ2n) is 9.10. The van der Waals surface area contributed by atoms with Gasteiger partial charge in [0, 0.05) is 50.1 Å². The fourth-order valence-electron chi connectivity index (χ4n) is 5.31. The summed E-state index contributed by atoms with van der Waals surface area (Å²) in [4.78, 5) is 32.4. The van der Waals surface area contributed by atoms with Crippen LogP contribution in [0.4, 0.5) is 4.39 Å². The Balaban J connectivity index is 1.40. The molecule has 2 heterocycles. The summed E-state index contributed by atoms with van der Waals surface area (Å²) in [7, 11) is 0. The Kier molecular flexibility index (Phi) is 6.32. The van der Waals surface area contributed by atoms with E-state index in [1.165, 1.54) is 6.07 Å². The summed E-state index contributed by atoms with van der Waals surface area (Å²) in [5, 5.41) is 3.63. The number of piperazine rings is 1. The van der Waals surface area contributed by atoms with Crippen molar-refractivity contribution in [3.8, 4) is 0 Å². The van der Waals surface area contributed by atoms with Crippen LogP contribution in [0.15, 0.2) is 18.2 Å². The number of fused-ring (bicyclic) bond motifs is 1. The van der Waals surface area contributed by atoms with E-state index in [4.69, 9.17) is 0 Å². The number of carbonyl (C=O) groups is 2. The van der Waals surface area contributed by atoms with Crippen molar-refractivity contribution in [2.75, 3.05) is 19.6 Å². The molecule has 2 aliphatic rings. The first-order valence-corrected chi connectivity index (χ1v) is 11.5. The van der Waals surface area contributed by atoms with Gasteiger partial charge in [0.25, 0.3) is 5.91 Å². The molecule has 2 amide bonds. The SMILES string of the molecule is CC[C@H]1CN([C@@H]2CCC[C@@H](NC(=O)c3cc4c(F)ccc(C)c4[nH]3)C2)CCN1C(C)=O. The average molecular weight is 429 g/mol. The molecule has 3 atom stereocenters. The van der Waals surface area contributed by atoms with Gasteiger partial charge in [0.1, 0.15) is 11.5 Å². The summed E-state index contributed by atoms with van der Waals surface area (Å²) in [6, 6.07) is 5.57. The van der Waals surface area contributed by atoms with Crippen molar-refractivity contribution in [2.45, 2.75) is 71.0 Å². The van der Waals surface area contributed by atoms with Gasteiger partial charge >= 0.3 is 0 Å². The number of halogens is 1. The van der Waals surface area contributed by atoms with Gasteiger partial charge in [-0.05, 0) is 56.7 Å². The van der Waals surface area contributed by atoms with Crippen molar-refractivity contribution in [2.24, 2.45) is 0 Å². The second-order valence-corrected chi connectivity index (χ2v) is 9.10. The molecular weight excluding hydrogens is 395 g/mol. The van der Waals surface area contributed by atoms with Gasteiger partial charge in [-0.15, -0.1) is 0 Å². The summed E-state index contributed by atoms with van der Waals surface area (Å²) in [5.41, 5.74) is 2.01. The maximum absolute atomic E-state index is 14.1. The minimum atomic E-state index is -0.316. The van der Waals surface area contributed by atoms with Gasteiger partial charge in [-0.1, -0.05) is 13.0 Å². The number of hydrogen-bond donors (Lipinski definition) is 2. The van der Waals surface area contributed by atoms with Crippen LogP contribution in [0, 0.1) is 12.7 Å². The van der Waals surface area contributed by atoms with Crippen LogP contribution in [0.3, 0.4) is 0 Å². The molecule has 1 aromatic heterocycles. The van der Waals surface area contributed by atoms with Gasteiger partial charge in [-0.25, -0.2) is 4.39 Å². The third kappa shape index (κ3) is 4.47. The molecule has 0 bridgehead atoms. The normalized spacial score (nSPS) is 25.0. The minimum Gasteiger partial charge on any atom is -0.350 e. The molecule has 0 spiro atoms. The fraction of sp³-hybridized carbons (Fsp3) is 0.583. The van der Waals surface area contributed by atoms with Gasteiger partial charge in [0.05, 0.1) is 5.52 Å². The number of hydrogen-bond acceptors (Lipinski definition) is 3. The Hall–Kier alpha value is -2.41. The maximum atomic E-state index is 14.1. The molecule has 1 aromatic carbocycles. The predicted molar refractivity (Wildman–Crippen MR) is 120 cm³/mol. The lowest BCUT2D eigenvalue weighted by molar-refractivity contribution is -0.134. The van der Waals surface area contributed by atoms with Gasteiger partial charge in [-0.2, -0.15) is 0 Å². The molecular formula is C24H33FN4O2. The Bertz CT molecular complexity index is 933. The summed E-state index contributed by atoms with van der Waals surface area (Å²) in [5.74, 6) is -0.331. The first-order valence-electron chi connectivity index (χ1n) is 11.5. The van der Waals surface area contributed by atoms with E-state index in [1.807, 2.05) is 11.8 Å². The largest absolute Gasteiger partial charge is 0.350 e. The molecule has 2 fully saturated rings. The van der Waals surface area contributed by atoms with Crippen molar-refractivity contribution in [1.29, 1.82) is 0 Å². The van der Waals surface area contributed by atoms with E-state index in [2.05, 4.69) is 22.1 Å². The molecule has 1 saturated heterocycles. The number of aryl methyl sites for hydroxylation is 1. The van der Waals surface area contributed by atoms with Crippen molar-refractivity contribution < 1.29 is 14.0 Å². The molecule has 6 nitrogen and oxygen atoms in total. The lowest BCUT2D eigenvalue weighted by Crippen LogP contribution is -2.58. The smallest absolute Gasteiger partial charge is 0.267 e. The lowest BCUT2D eigenvalue weighted by atomic mass is 9.89. The Morgan fingerprint density at radius 3 is 2.77 bits per heavy atom. The highest BCUT2D eigenvalue weighted by Gasteiger charge is 2.34. The van der Waals surface area contributed by atoms with Crippen molar-refractivity contribution in [3.05, 3.63) is 35.3 Å². The summed E-state index contributed by atoms with van der Waals surface area (Å²) in [6.45, 7) is 8.27. The van der Waals surface area contributed by atoms with Crippen molar-refractivity contribution in [3.63, 3.8) is 0 Å². The van der Waals surface area contributed by atoms with Gasteiger partial charge in [0.15, 0.2) is 0 Å². The fourth-order valence-corrected chi connectivity index (χ4v) is 5.31. The molecule has 0 unspecified atom stereocenters. The van der Waals surface area contributed by atoms with Gasteiger partial charge in [0.2, 0.25) is 5.91 Å². The van der Waals surface area contributed by atoms with Crippen LogP contribution in [-0.4, -0.2) is 64.4 Å². The zero-order chi connectivity index (χ0) is 22.1. The van der Waals surface area contributed by atoms with E-state index in [0.29, 0.717) is 22.6 Å². The van der Waals surface area contributed by atoms with E-state index >= 15 is 0 Å². The van der Waals surface area contributed by atoms with Crippen LogP contribution in [0.25, 0.3) is 10.9 Å². The second kappa shape index (κ2) is 8.99. The number of rotatable bonds is 4. The predicted octanol–water partition coefficient (Wildman–Crippen LogP) is 3.60. The van der Waals surface area contributed by atoms with E-state index in [-0.39, 0.29) is 29.7 Å². The van der Waals surface area contributed by atoms with Crippen LogP contribution >= 0.6 is 0 Å². The zero-order valence-electron chi connectivity index (χ0n) is 18.7. The Morgan fingerprint density at radius 2 is 2.06 bits per heavy atom. The monoisotopic (exact) mass is 428 g/mol. The topological polar surface area (TPSA) is 68.4 Å². The average Bonchev–Trinajstić information content (AvgIpc) is 3.23. The highest BCUT2D eigenvalue weighted by Crippen LogP contribution is 2.27. The van der Waals surface area contributed by atoms with Gasteiger partial charge < -0.3 is 15.2 Å². The minimum absolute atomic E-state index is 0.106.